The molecule has 2 atom stereocenters. The van der Waals surface area contributed by atoms with Crippen LogP contribution in [-0.2, 0) is 4.79 Å². The Labute approximate surface area is 96.0 Å². The third kappa shape index (κ3) is 7.05. The van der Waals surface area contributed by atoms with Crippen LogP contribution in [0.15, 0.2) is 0 Å². The fourth-order valence-corrected chi connectivity index (χ4v) is 1.05. The van der Waals surface area contributed by atoms with E-state index in [-0.39, 0.29) is 6.04 Å². The van der Waals surface area contributed by atoms with E-state index in [1.54, 1.807) is 0 Å². The summed E-state index contributed by atoms with van der Waals surface area (Å²) < 4.78 is 0. The van der Waals surface area contributed by atoms with Crippen LogP contribution in [0, 0.1) is 0 Å². The fraction of sp³-hybridized carbons (Fsp3) is 0.800. The quantitative estimate of drug-likeness (QED) is 0.605. The molecular formula is C10H21N3O3. The summed E-state index contributed by atoms with van der Waals surface area (Å²) in [7, 11) is 3.92. The molecule has 6 heteroatoms. The summed E-state index contributed by atoms with van der Waals surface area (Å²) in [4.78, 5) is 23.8. The molecule has 16 heavy (non-hydrogen) atoms. The van der Waals surface area contributed by atoms with Crippen molar-refractivity contribution in [2.24, 2.45) is 0 Å². The minimum Gasteiger partial charge on any atom is -0.480 e. The minimum atomic E-state index is -1.05. The van der Waals surface area contributed by atoms with Crippen molar-refractivity contribution >= 4 is 12.0 Å². The summed E-state index contributed by atoms with van der Waals surface area (Å²) in [6, 6.07) is -1.30. The zero-order valence-corrected chi connectivity index (χ0v) is 10.3. The highest BCUT2D eigenvalue weighted by atomic mass is 16.4. The van der Waals surface area contributed by atoms with Crippen molar-refractivity contribution in [3.63, 3.8) is 0 Å². The summed E-state index contributed by atoms with van der Waals surface area (Å²) >= 11 is 0. The molecule has 0 aliphatic heterocycles. The maximum Gasteiger partial charge on any atom is 0.325 e. The Bertz CT molecular complexity index is 243. The molecule has 0 fully saturated rings. The lowest BCUT2D eigenvalue weighted by molar-refractivity contribution is -0.138. The predicted molar refractivity (Wildman–Crippen MR) is 61.4 cm³/mol. The molecule has 0 saturated carbocycles. The first-order chi connectivity index (χ1) is 7.32. The van der Waals surface area contributed by atoms with Gasteiger partial charge < -0.3 is 20.6 Å². The molecule has 0 heterocycles. The summed E-state index contributed by atoms with van der Waals surface area (Å²) in [5, 5.41) is 13.6. The van der Waals surface area contributed by atoms with E-state index in [1.807, 2.05) is 25.9 Å². The SMILES string of the molecule is CC(CCN(C)C)NC(=O)N[C@H](C)C(=O)O. The van der Waals surface area contributed by atoms with E-state index in [0.717, 1.165) is 13.0 Å². The van der Waals surface area contributed by atoms with Gasteiger partial charge in [0, 0.05) is 6.04 Å². The fourth-order valence-electron chi connectivity index (χ4n) is 1.05. The number of carbonyl (C=O) groups is 2. The van der Waals surface area contributed by atoms with Crippen LogP contribution in [0.3, 0.4) is 0 Å². The number of amides is 2. The predicted octanol–water partition coefficient (Wildman–Crippen LogP) is 0.0989. The van der Waals surface area contributed by atoms with Crippen LogP contribution in [0.2, 0.25) is 0 Å². The van der Waals surface area contributed by atoms with Gasteiger partial charge in [-0.25, -0.2) is 4.79 Å². The highest BCUT2D eigenvalue weighted by Crippen LogP contribution is 1.92. The highest BCUT2D eigenvalue weighted by Gasteiger charge is 2.14. The molecule has 0 spiro atoms. The van der Waals surface area contributed by atoms with Crippen LogP contribution in [0.4, 0.5) is 4.79 Å². The number of carbonyl (C=O) groups excluding carboxylic acids is 1. The molecule has 0 saturated heterocycles. The molecule has 2 amide bonds. The Hall–Kier alpha value is -1.30. The second-order valence-corrected chi connectivity index (χ2v) is 4.17. The molecule has 6 nitrogen and oxygen atoms in total. The highest BCUT2D eigenvalue weighted by molar-refractivity contribution is 5.82. The lowest BCUT2D eigenvalue weighted by atomic mass is 10.2. The Morgan fingerprint density at radius 3 is 2.25 bits per heavy atom. The second-order valence-electron chi connectivity index (χ2n) is 4.17. The van der Waals surface area contributed by atoms with E-state index < -0.39 is 18.0 Å². The number of nitrogens with one attached hydrogen (secondary N) is 2. The van der Waals surface area contributed by atoms with Gasteiger partial charge in [0.05, 0.1) is 0 Å². The lowest BCUT2D eigenvalue weighted by Gasteiger charge is -2.18. The molecule has 0 radical (unpaired) electrons. The van der Waals surface area contributed by atoms with Gasteiger partial charge in [0.25, 0.3) is 0 Å². The largest absolute Gasteiger partial charge is 0.480 e. The number of carboxylic acids is 1. The van der Waals surface area contributed by atoms with Gasteiger partial charge in [-0.2, -0.15) is 0 Å². The molecule has 0 aromatic heterocycles. The Balaban J connectivity index is 3.82. The van der Waals surface area contributed by atoms with Crippen LogP contribution in [0.25, 0.3) is 0 Å². The molecule has 0 aliphatic carbocycles. The number of carboxylic acid groups (broad SMARTS) is 1. The van der Waals surface area contributed by atoms with Crippen molar-refractivity contribution in [1.29, 1.82) is 0 Å². The molecule has 0 bridgehead atoms. The monoisotopic (exact) mass is 231 g/mol. The third-order valence-corrected chi connectivity index (χ3v) is 2.10. The van der Waals surface area contributed by atoms with Gasteiger partial charge in [-0.3, -0.25) is 4.79 Å². The standard InChI is InChI=1S/C10H21N3O3/c1-7(5-6-13(3)4)11-10(16)12-8(2)9(14)15/h7-8H,5-6H2,1-4H3,(H,14,15)(H2,11,12,16)/t7?,8-/m1/s1. The number of hydrogen-bond acceptors (Lipinski definition) is 3. The number of hydrogen-bond donors (Lipinski definition) is 3. The van der Waals surface area contributed by atoms with Crippen molar-refractivity contribution in [2.75, 3.05) is 20.6 Å². The van der Waals surface area contributed by atoms with Gasteiger partial charge in [0.1, 0.15) is 6.04 Å². The molecule has 0 aliphatic rings. The van der Waals surface area contributed by atoms with Crippen LogP contribution in [0.5, 0.6) is 0 Å². The summed E-state index contributed by atoms with van der Waals surface area (Å²) in [5.74, 6) is -1.05. The normalized spacial score (nSPS) is 14.3. The van der Waals surface area contributed by atoms with E-state index >= 15 is 0 Å². The van der Waals surface area contributed by atoms with Crippen molar-refractivity contribution in [1.82, 2.24) is 15.5 Å². The van der Waals surface area contributed by atoms with Crippen LogP contribution < -0.4 is 10.6 Å². The van der Waals surface area contributed by atoms with Crippen molar-refractivity contribution < 1.29 is 14.7 Å². The summed E-state index contributed by atoms with van der Waals surface area (Å²) in [5.41, 5.74) is 0. The molecule has 94 valence electrons. The number of aliphatic carboxylic acids is 1. The van der Waals surface area contributed by atoms with Crippen LogP contribution in [0.1, 0.15) is 20.3 Å². The molecule has 3 N–H and O–H groups in total. The second kappa shape index (κ2) is 7.05. The summed E-state index contributed by atoms with van der Waals surface area (Å²) in [6.07, 6.45) is 0.821. The maximum absolute atomic E-state index is 11.3. The van der Waals surface area contributed by atoms with Crippen LogP contribution in [-0.4, -0.2) is 54.7 Å². The molecule has 0 aromatic carbocycles. The molecule has 0 aromatic rings. The number of urea groups is 1. The Morgan fingerprint density at radius 1 is 1.25 bits per heavy atom. The Morgan fingerprint density at radius 2 is 1.81 bits per heavy atom. The number of nitrogens with zero attached hydrogens (tertiary/aromatic N) is 1. The zero-order chi connectivity index (χ0) is 12.7. The van der Waals surface area contributed by atoms with E-state index in [9.17, 15) is 9.59 Å². The zero-order valence-electron chi connectivity index (χ0n) is 10.3. The van der Waals surface area contributed by atoms with Crippen molar-refractivity contribution in [2.45, 2.75) is 32.4 Å². The van der Waals surface area contributed by atoms with Gasteiger partial charge in [-0.05, 0) is 40.9 Å². The van der Waals surface area contributed by atoms with E-state index in [0.29, 0.717) is 0 Å². The Kier molecular flexibility index (Phi) is 6.48. The van der Waals surface area contributed by atoms with Gasteiger partial charge in [-0.1, -0.05) is 0 Å². The first-order valence-corrected chi connectivity index (χ1v) is 5.27. The van der Waals surface area contributed by atoms with E-state index in [4.69, 9.17) is 5.11 Å². The van der Waals surface area contributed by atoms with Gasteiger partial charge in [-0.15, -0.1) is 0 Å². The molecule has 1 unspecified atom stereocenters. The van der Waals surface area contributed by atoms with E-state index in [2.05, 4.69) is 10.6 Å². The van der Waals surface area contributed by atoms with E-state index in [1.165, 1.54) is 6.92 Å². The van der Waals surface area contributed by atoms with Crippen LogP contribution >= 0.6 is 0 Å². The van der Waals surface area contributed by atoms with Gasteiger partial charge in [0.15, 0.2) is 0 Å². The summed E-state index contributed by atoms with van der Waals surface area (Å²) in [6.45, 7) is 4.18. The van der Waals surface area contributed by atoms with Gasteiger partial charge >= 0.3 is 12.0 Å². The smallest absolute Gasteiger partial charge is 0.325 e. The van der Waals surface area contributed by atoms with Gasteiger partial charge in [0.2, 0.25) is 0 Å². The van der Waals surface area contributed by atoms with Crippen molar-refractivity contribution in [3.8, 4) is 0 Å². The topological polar surface area (TPSA) is 81.7 Å². The third-order valence-electron chi connectivity index (χ3n) is 2.10. The maximum atomic E-state index is 11.3. The number of rotatable bonds is 6. The molecular weight excluding hydrogens is 210 g/mol. The van der Waals surface area contributed by atoms with Crippen molar-refractivity contribution in [3.05, 3.63) is 0 Å². The average Bonchev–Trinajstić information content (AvgIpc) is 2.14. The molecule has 0 rings (SSSR count). The first-order valence-electron chi connectivity index (χ1n) is 5.27. The first kappa shape index (κ1) is 14.7. The average molecular weight is 231 g/mol. The lowest BCUT2D eigenvalue weighted by Crippen LogP contribution is -2.47. The minimum absolute atomic E-state index is 0.0170.